The van der Waals surface area contributed by atoms with Crippen LogP contribution in [0, 0.1) is 5.82 Å². The molecule has 3 nitrogen and oxygen atoms in total. The van der Waals surface area contributed by atoms with Crippen LogP contribution in [-0.4, -0.2) is 16.0 Å². The minimum Gasteiger partial charge on any atom is -0.309 e. The van der Waals surface area contributed by atoms with Gasteiger partial charge in [-0.05, 0) is 37.8 Å². The largest absolute Gasteiger partial charge is 0.309 e. The van der Waals surface area contributed by atoms with Crippen molar-refractivity contribution in [3.05, 3.63) is 34.7 Å². The highest BCUT2D eigenvalue weighted by Crippen LogP contribution is 2.44. The summed E-state index contributed by atoms with van der Waals surface area (Å²) >= 11 is 1.59. The van der Waals surface area contributed by atoms with Crippen LogP contribution in [0.1, 0.15) is 42.2 Å². The second-order valence-corrected chi connectivity index (χ2v) is 6.67. The quantitative estimate of drug-likeness (QED) is 0.916. The van der Waals surface area contributed by atoms with Crippen molar-refractivity contribution in [3.63, 3.8) is 0 Å². The molecule has 0 radical (unpaired) electrons. The van der Waals surface area contributed by atoms with Gasteiger partial charge in [-0.2, -0.15) is 0 Å². The number of thiazole rings is 1. The van der Waals surface area contributed by atoms with E-state index in [0.717, 1.165) is 11.6 Å². The van der Waals surface area contributed by atoms with E-state index in [0.29, 0.717) is 17.7 Å². The van der Waals surface area contributed by atoms with Crippen LogP contribution in [0.15, 0.2) is 18.3 Å². The van der Waals surface area contributed by atoms with E-state index < -0.39 is 0 Å². The van der Waals surface area contributed by atoms with Gasteiger partial charge in [-0.1, -0.05) is 0 Å². The van der Waals surface area contributed by atoms with Crippen molar-refractivity contribution in [2.24, 2.45) is 0 Å². The number of hydrogen-bond donors (Lipinski definition) is 1. The van der Waals surface area contributed by atoms with Crippen molar-refractivity contribution in [1.82, 2.24) is 15.3 Å². The fraction of sp³-hybridized carbons (Fsp3) is 0.467. The van der Waals surface area contributed by atoms with E-state index in [-0.39, 0.29) is 5.82 Å². The Balaban J connectivity index is 1.66. The first-order valence-corrected chi connectivity index (χ1v) is 7.97. The lowest BCUT2D eigenvalue weighted by atomic mass is 10.2. The monoisotopic (exact) mass is 289 g/mol. The van der Waals surface area contributed by atoms with Crippen molar-refractivity contribution in [2.45, 2.75) is 44.2 Å². The highest BCUT2D eigenvalue weighted by atomic mass is 32.1. The summed E-state index contributed by atoms with van der Waals surface area (Å²) in [6.07, 6.45) is 6.60. The average molecular weight is 289 g/mol. The number of aromatic nitrogens is 2. The molecule has 2 aromatic rings. The highest BCUT2D eigenvalue weighted by molar-refractivity contribution is 7.15. The van der Waals surface area contributed by atoms with Gasteiger partial charge in [-0.25, -0.2) is 9.37 Å². The van der Waals surface area contributed by atoms with E-state index in [1.807, 2.05) is 0 Å². The molecule has 2 heterocycles. The molecular formula is C15H16FN3S. The predicted octanol–water partition coefficient (Wildman–Crippen LogP) is 3.47. The third-order valence-electron chi connectivity index (χ3n) is 3.78. The van der Waals surface area contributed by atoms with Gasteiger partial charge >= 0.3 is 0 Å². The van der Waals surface area contributed by atoms with Crippen molar-refractivity contribution in [3.8, 4) is 10.7 Å². The fourth-order valence-corrected chi connectivity index (χ4v) is 3.43. The van der Waals surface area contributed by atoms with Crippen LogP contribution in [0.2, 0.25) is 0 Å². The van der Waals surface area contributed by atoms with Gasteiger partial charge in [0, 0.05) is 29.6 Å². The van der Waals surface area contributed by atoms with Crippen molar-refractivity contribution < 1.29 is 4.39 Å². The smallest absolute Gasteiger partial charge is 0.151 e. The third kappa shape index (κ3) is 2.47. The molecule has 2 aliphatic rings. The molecule has 4 rings (SSSR count). The summed E-state index contributed by atoms with van der Waals surface area (Å²) in [5, 5.41) is 4.25. The molecule has 2 aliphatic carbocycles. The molecule has 2 aromatic heterocycles. The summed E-state index contributed by atoms with van der Waals surface area (Å²) in [7, 11) is 0. The maximum Gasteiger partial charge on any atom is 0.151 e. The van der Waals surface area contributed by atoms with Gasteiger partial charge in [-0.15, -0.1) is 11.3 Å². The molecule has 20 heavy (non-hydrogen) atoms. The minimum atomic E-state index is -0.287. The maximum absolute atomic E-state index is 13.8. The molecule has 0 bridgehead atoms. The minimum absolute atomic E-state index is 0.287. The van der Waals surface area contributed by atoms with Crippen LogP contribution in [0.4, 0.5) is 4.39 Å². The number of pyridine rings is 1. The van der Waals surface area contributed by atoms with Crippen molar-refractivity contribution >= 4 is 11.3 Å². The van der Waals surface area contributed by atoms with Crippen LogP contribution in [0.3, 0.4) is 0 Å². The Morgan fingerprint density at radius 1 is 1.30 bits per heavy atom. The Morgan fingerprint density at radius 3 is 2.85 bits per heavy atom. The van der Waals surface area contributed by atoms with Crippen LogP contribution in [0.25, 0.3) is 10.7 Å². The Bertz CT molecular complexity index is 632. The summed E-state index contributed by atoms with van der Waals surface area (Å²) in [6, 6.07) is 3.74. The van der Waals surface area contributed by atoms with Crippen LogP contribution in [-0.2, 0) is 6.54 Å². The first-order chi connectivity index (χ1) is 9.81. The lowest BCUT2D eigenvalue weighted by Crippen LogP contribution is -2.15. The second-order valence-electron chi connectivity index (χ2n) is 5.59. The van der Waals surface area contributed by atoms with E-state index in [2.05, 4.69) is 15.3 Å². The molecular weight excluding hydrogens is 273 g/mol. The van der Waals surface area contributed by atoms with E-state index in [1.54, 1.807) is 23.6 Å². The van der Waals surface area contributed by atoms with Gasteiger partial charge in [0.15, 0.2) is 5.82 Å². The Hall–Kier alpha value is -1.33. The lowest BCUT2D eigenvalue weighted by Gasteiger charge is -2.01. The summed E-state index contributed by atoms with van der Waals surface area (Å²) in [5.41, 5.74) is 1.56. The first-order valence-electron chi connectivity index (χ1n) is 7.15. The number of nitrogens with zero attached hydrogens (tertiary/aromatic N) is 2. The summed E-state index contributed by atoms with van der Waals surface area (Å²) in [4.78, 5) is 10.1. The van der Waals surface area contributed by atoms with E-state index >= 15 is 0 Å². The number of nitrogens with one attached hydrogen (secondary N) is 1. The Kier molecular flexibility index (Phi) is 3.04. The van der Waals surface area contributed by atoms with Gasteiger partial charge < -0.3 is 5.32 Å². The molecule has 0 amide bonds. The molecule has 2 fully saturated rings. The van der Waals surface area contributed by atoms with Crippen molar-refractivity contribution in [1.29, 1.82) is 0 Å². The van der Waals surface area contributed by atoms with E-state index in [1.165, 1.54) is 42.3 Å². The van der Waals surface area contributed by atoms with Gasteiger partial charge in [0.05, 0.1) is 5.69 Å². The summed E-state index contributed by atoms with van der Waals surface area (Å²) in [6.45, 7) is 0.864. The number of rotatable bonds is 5. The van der Waals surface area contributed by atoms with Gasteiger partial charge in [0.2, 0.25) is 0 Å². The number of halogens is 1. The zero-order valence-corrected chi connectivity index (χ0v) is 11.9. The summed E-state index contributed by atoms with van der Waals surface area (Å²) in [5.74, 6) is 0.299. The Labute approximate surface area is 121 Å². The highest BCUT2D eigenvalue weighted by Gasteiger charge is 2.31. The predicted molar refractivity (Wildman–Crippen MR) is 77.1 cm³/mol. The first kappa shape index (κ1) is 12.4. The van der Waals surface area contributed by atoms with Gasteiger partial charge in [-0.3, -0.25) is 4.98 Å². The molecule has 0 spiro atoms. The van der Waals surface area contributed by atoms with Crippen molar-refractivity contribution in [2.75, 3.05) is 0 Å². The SMILES string of the molecule is Fc1cccnc1-c1nc(C2CC2)c(CNC2CC2)s1. The number of hydrogen-bond acceptors (Lipinski definition) is 4. The third-order valence-corrected chi connectivity index (χ3v) is 4.86. The molecule has 0 unspecified atom stereocenters. The van der Waals surface area contributed by atoms with Crippen LogP contribution >= 0.6 is 11.3 Å². The molecule has 104 valence electrons. The molecule has 0 aliphatic heterocycles. The molecule has 0 saturated heterocycles. The molecule has 0 atom stereocenters. The molecule has 5 heteroatoms. The molecule has 0 aromatic carbocycles. The van der Waals surface area contributed by atoms with E-state index in [4.69, 9.17) is 0 Å². The lowest BCUT2D eigenvalue weighted by molar-refractivity contribution is 0.625. The average Bonchev–Trinajstić information content (AvgIpc) is 3.36. The molecule has 1 N–H and O–H groups in total. The molecule has 2 saturated carbocycles. The fourth-order valence-electron chi connectivity index (χ4n) is 2.33. The second kappa shape index (κ2) is 4.90. The van der Waals surface area contributed by atoms with E-state index in [9.17, 15) is 4.39 Å². The maximum atomic E-state index is 13.8. The van der Waals surface area contributed by atoms with Crippen LogP contribution in [0.5, 0.6) is 0 Å². The van der Waals surface area contributed by atoms with Crippen LogP contribution < -0.4 is 5.32 Å². The van der Waals surface area contributed by atoms with Gasteiger partial charge in [0.25, 0.3) is 0 Å². The normalized spacial score (nSPS) is 18.4. The zero-order valence-electron chi connectivity index (χ0n) is 11.1. The van der Waals surface area contributed by atoms with Gasteiger partial charge in [0.1, 0.15) is 10.7 Å². The standard InChI is InChI=1S/C15H16FN3S/c16-11-2-1-7-17-14(11)15-19-13(9-3-4-9)12(20-15)8-18-10-5-6-10/h1-2,7,9-10,18H,3-6,8H2. The zero-order chi connectivity index (χ0) is 13.5. The Morgan fingerprint density at radius 2 is 2.15 bits per heavy atom. The summed E-state index contributed by atoms with van der Waals surface area (Å²) < 4.78 is 13.8. The topological polar surface area (TPSA) is 37.8 Å².